The second-order valence-corrected chi connectivity index (χ2v) is 4.53. The molecule has 13 heavy (non-hydrogen) atoms. The summed E-state index contributed by atoms with van der Waals surface area (Å²) in [6, 6.07) is 0.678. The van der Waals surface area contributed by atoms with Gasteiger partial charge in [-0.05, 0) is 31.7 Å². The van der Waals surface area contributed by atoms with Gasteiger partial charge in [0.1, 0.15) is 0 Å². The van der Waals surface area contributed by atoms with Gasteiger partial charge in [0, 0.05) is 12.0 Å². The lowest BCUT2D eigenvalue weighted by molar-refractivity contribution is 0.319. The lowest BCUT2D eigenvalue weighted by Crippen LogP contribution is -2.36. The van der Waals surface area contributed by atoms with E-state index in [4.69, 9.17) is 6.42 Å². The first kappa shape index (κ1) is 10.6. The lowest BCUT2D eigenvalue weighted by atomic mass is 9.86. The van der Waals surface area contributed by atoms with Crippen molar-refractivity contribution in [1.82, 2.24) is 5.32 Å². The van der Waals surface area contributed by atoms with E-state index >= 15 is 0 Å². The molecule has 0 aromatic rings. The first-order valence-corrected chi connectivity index (χ1v) is 5.42. The van der Waals surface area contributed by atoms with Crippen molar-refractivity contribution in [3.63, 3.8) is 0 Å². The first-order valence-electron chi connectivity index (χ1n) is 5.42. The molecule has 0 aromatic heterocycles. The van der Waals surface area contributed by atoms with Crippen molar-refractivity contribution >= 4 is 0 Å². The fourth-order valence-electron chi connectivity index (χ4n) is 1.93. The Morgan fingerprint density at radius 1 is 1.46 bits per heavy atom. The topological polar surface area (TPSA) is 12.0 Å². The van der Waals surface area contributed by atoms with Gasteiger partial charge in [-0.15, -0.1) is 12.3 Å². The molecule has 1 saturated carbocycles. The van der Waals surface area contributed by atoms with E-state index < -0.39 is 0 Å². The standard InChI is InChI=1S/C12H21N/c1-4-11-6-5-7-12(8-11)13-9-10(2)3/h1,10-13H,5-9H2,2-3H3. The van der Waals surface area contributed by atoms with Gasteiger partial charge in [-0.3, -0.25) is 0 Å². The van der Waals surface area contributed by atoms with Gasteiger partial charge in [0.05, 0.1) is 0 Å². The maximum absolute atomic E-state index is 5.44. The Bertz CT molecular complexity index is 178. The summed E-state index contributed by atoms with van der Waals surface area (Å²) in [5.41, 5.74) is 0. The van der Waals surface area contributed by atoms with Crippen molar-refractivity contribution in [3.8, 4) is 12.3 Å². The van der Waals surface area contributed by atoms with Crippen molar-refractivity contribution in [2.24, 2.45) is 11.8 Å². The van der Waals surface area contributed by atoms with Crippen LogP contribution in [-0.4, -0.2) is 12.6 Å². The fourth-order valence-corrected chi connectivity index (χ4v) is 1.93. The number of hydrogen-bond acceptors (Lipinski definition) is 1. The van der Waals surface area contributed by atoms with Crippen LogP contribution in [0.3, 0.4) is 0 Å². The molecule has 0 heterocycles. The smallest absolute Gasteiger partial charge is 0.0215 e. The minimum Gasteiger partial charge on any atom is -0.314 e. The van der Waals surface area contributed by atoms with Crippen LogP contribution in [0.25, 0.3) is 0 Å². The lowest BCUT2D eigenvalue weighted by Gasteiger charge is -2.27. The van der Waals surface area contributed by atoms with Crippen LogP contribution in [0.2, 0.25) is 0 Å². The Morgan fingerprint density at radius 3 is 2.85 bits per heavy atom. The van der Waals surface area contributed by atoms with Crippen LogP contribution < -0.4 is 5.32 Å². The zero-order valence-corrected chi connectivity index (χ0v) is 8.84. The zero-order chi connectivity index (χ0) is 9.68. The molecule has 1 aliphatic carbocycles. The van der Waals surface area contributed by atoms with Gasteiger partial charge >= 0.3 is 0 Å². The van der Waals surface area contributed by atoms with Gasteiger partial charge in [-0.2, -0.15) is 0 Å². The largest absolute Gasteiger partial charge is 0.314 e. The van der Waals surface area contributed by atoms with Crippen LogP contribution in [0, 0.1) is 24.2 Å². The molecule has 0 spiro atoms. The monoisotopic (exact) mass is 179 g/mol. The van der Waals surface area contributed by atoms with Gasteiger partial charge in [0.15, 0.2) is 0 Å². The predicted molar refractivity (Wildman–Crippen MR) is 57.4 cm³/mol. The van der Waals surface area contributed by atoms with Gasteiger partial charge in [-0.25, -0.2) is 0 Å². The summed E-state index contributed by atoms with van der Waals surface area (Å²) in [5, 5.41) is 3.59. The van der Waals surface area contributed by atoms with Gasteiger partial charge in [-0.1, -0.05) is 20.3 Å². The average molecular weight is 179 g/mol. The Balaban J connectivity index is 2.23. The molecule has 0 radical (unpaired) electrons. The maximum atomic E-state index is 5.44. The molecular weight excluding hydrogens is 158 g/mol. The molecule has 0 aliphatic heterocycles. The highest BCUT2D eigenvalue weighted by Crippen LogP contribution is 2.23. The second-order valence-electron chi connectivity index (χ2n) is 4.53. The van der Waals surface area contributed by atoms with E-state index in [9.17, 15) is 0 Å². The van der Waals surface area contributed by atoms with E-state index in [1.807, 2.05) is 0 Å². The van der Waals surface area contributed by atoms with E-state index in [0.717, 1.165) is 12.5 Å². The summed E-state index contributed by atoms with van der Waals surface area (Å²) in [5.74, 6) is 4.15. The molecule has 1 fully saturated rings. The maximum Gasteiger partial charge on any atom is 0.0215 e. The second kappa shape index (κ2) is 5.29. The number of nitrogens with one attached hydrogen (secondary N) is 1. The molecule has 2 unspecified atom stereocenters. The highest BCUT2D eigenvalue weighted by Gasteiger charge is 2.19. The van der Waals surface area contributed by atoms with Crippen LogP contribution in [0.5, 0.6) is 0 Å². The number of hydrogen-bond donors (Lipinski definition) is 1. The Kier molecular flexibility index (Phi) is 4.32. The molecule has 1 rings (SSSR count). The van der Waals surface area contributed by atoms with E-state index in [2.05, 4.69) is 25.1 Å². The zero-order valence-electron chi connectivity index (χ0n) is 8.84. The Hall–Kier alpha value is -0.480. The molecule has 2 atom stereocenters. The number of rotatable bonds is 3. The highest BCUT2D eigenvalue weighted by atomic mass is 14.9. The van der Waals surface area contributed by atoms with Gasteiger partial charge < -0.3 is 5.32 Å². The molecule has 0 amide bonds. The number of terminal acetylenes is 1. The van der Waals surface area contributed by atoms with Crippen LogP contribution in [0.4, 0.5) is 0 Å². The summed E-state index contributed by atoms with van der Waals surface area (Å²) < 4.78 is 0. The normalized spacial score (nSPS) is 28.8. The summed E-state index contributed by atoms with van der Waals surface area (Å²) in [6.45, 7) is 5.62. The summed E-state index contributed by atoms with van der Waals surface area (Å²) in [4.78, 5) is 0. The van der Waals surface area contributed by atoms with Gasteiger partial charge in [0.25, 0.3) is 0 Å². The quantitative estimate of drug-likeness (QED) is 0.656. The minimum atomic E-state index is 0.526. The third-order valence-corrected chi connectivity index (χ3v) is 2.72. The van der Waals surface area contributed by atoms with Crippen molar-refractivity contribution in [2.75, 3.05) is 6.54 Å². The molecular formula is C12H21N. The molecule has 1 N–H and O–H groups in total. The molecule has 0 bridgehead atoms. The highest BCUT2D eigenvalue weighted by molar-refractivity contribution is 4.97. The van der Waals surface area contributed by atoms with Crippen molar-refractivity contribution in [3.05, 3.63) is 0 Å². The van der Waals surface area contributed by atoms with Crippen LogP contribution >= 0.6 is 0 Å². The van der Waals surface area contributed by atoms with Crippen LogP contribution in [-0.2, 0) is 0 Å². The first-order chi connectivity index (χ1) is 6.22. The van der Waals surface area contributed by atoms with Crippen molar-refractivity contribution in [1.29, 1.82) is 0 Å². The fraction of sp³-hybridized carbons (Fsp3) is 0.833. The third kappa shape index (κ3) is 3.83. The minimum absolute atomic E-state index is 0.526. The average Bonchev–Trinajstić information content (AvgIpc) is 2.15. The summed E-state index contributed by atoms with van der Waals surface area (Å²) >= 11 is 0. The van der Waals surface area contributed by atoms with Gasteiger partial charge in [0.2, 0.25) is 0 Å². The van der Waals surface area contributed by atoms with E-state index in [1.165, 1.54) is 25.7 Å². The summed E-state index contributed by atoms with van der Waals surface area (Å²) in [6.07, 6.45) is 10.5. The summed E-state index contributed by atoms with van der Waals surface area (Å²) in [7, 11) is 0. The molecule has 1 nitrogen and oxygen atoms in total. The van der Waals surface area contributed by atoms with Crippen molar-refractivity contribution < 1.29 is 0 Å². The molecule has 74 valence electrons. The van der Waals surface area contributed by atoms with E-state index in [1.54, 1.807) is 0 Å². The predicted octanol–water partition coefficient (Wildman–Crippen LogP) is 2.42. The molecule has 1 heteroatoms. The Morgan fingerprint density at radius 2 is 2.23 bits per heavy atom. The van der Waals surface area contributed by atoms with E-state index in [0.29, 0.717) is 12.0 Å². The molecule has 1 aliphatic rings. The van der Waals surface area contributed by atoms with Crippen molar-refractivity contribution in [2.45, 2.75) is 45.6 Å². The Labute approximate surface area is 82.3 Å². The van der Waals surface area contributed by atoms with Crippen LogP contribution in [0.15, 0.2) is 0 Å². The van der Waals surface area contributed by atoms with Crippen LogP contribution in [0.1, 0.15) is 39.5 Å². The third-order valence-electron chi connectivity index (χ3n) is 2.72. The SMILES string of the molecule is C#CC1CCCC(NCC(C)C)C1. The van der Waals surface area contributed by atoms with E-state index in [-0.39, 0.29) is 0 Å². The molecule has 0 aromatic carbocycles. The molecule has 0 saturated heterocycles.